The quantitative estimate of drug-likeness (QED) is 0.461. The van der Waals surface area contributed by atoms with Crippen LogP contribution in [0.2, 0.25) is 0 Å². The highest BCUT2D eigenvalue weighted by atomic mass is 13.9. The van der Waals surface area contributed by atoms with Gasteiger partial charge in [-0.15, -0.1) is 5.73 Å². The van der Waals surface area contributed by atoms with Crippen molar-refractivity contribution < 1.29 is 0 Å². The molecule has 1 radical (unpaired) electrons. The zero-order valence-corrected chi connectivity index (χ0v) is 4.78. The molecule has 0 aliphatic carbocycles. The lowest BCUT2D eigenvalue weighted by molar-refractivity contribution is 0.771. The summed E-state index contributed by atoms with van der Waals surface area (Å²) in [5.74, 6) is 0.400. The Hall–Kier alpha value is -0.480. The van der Waals surface area contributed by atoms with Gasteiger partial charge in [-0.05, 0) is 25.3 Å². The van der Waals surface area contributed by atoms with Crippen molar-refractivity contribution in [3.05, 3.63) is 25.3 Å². The van der Waals surface area contributed by atoms with Gasteiger partial charge in [0.25, 0.3) is 0 Å². The Bertz CT molecular complexity index is 76.0. The Labute approximate surface area is 45.5 Å². The van der Waals surface area contributed by atoms with Gasteiger partial charge in [0.2, 0.25) is 0 Å². The average Bonchev–Trinajstić information content (AvgIpc) is 1.68. The largest absolute Gasteiger partial charge is 0.133 e. The molecule has 0 N–H and O–H groups in total. The van der Waals surface area contributed by atoms with Gasteiger partial charge in [-0.25, -0.2) is 0 Å². The molecule has 1 unspecified atom stereocenters. The molecule has 0 heteroatoms. The molecule has 0 saturated heterocycles. The molecule has 0 bridgehead atoms. The average molecular weight is 95.2 g/mol. The minimum Gasteiger partial charge on any atom is -0.133 e. The summed E-state index contributed by atoms with van der Waals surface area (Å²) in [5, 5.41) is 0. The minimum absolute atomic E-state index is 0.400. The molecule has 7 heavy (non-hydrogen) atoms. The Kier molecular flexibility index (Phi) is 3.45. The monoisotopic (exact) mass is 95.1 g/mol. The van der Waals surface area contributed by atoms with E-state index >= 15 is 0 Å². The van der Waals surface area contributed by atoms with E-state index in [0.717, 1.165) is 6.42 Å². The van der Waals surface area contributed by atoms with Crippen LogP contribution in [0.3, 0.4) is 0 Å². The molecular formula is C7H11. The molecule has 0 aliphatic rings. The van der Waals surface area contributed by atoms with Crippen LogP contribution in [0, 0.1) is 12.8 Å². The summed E-state index contributed by atoms with van der Waals surface area (Å²) in [6.45, 7) is 9.31. The fraction of sp³-hybridized carbons (Fsp3) is 0.429. The summed E-state index contributed by atoms with van der Waals surface area (Å²) >= 11 is 0. The first kappa shape index (κ1) is 6.52. The second-order valence-corrected chi connectivity index (χ2v) is 1.54. The smallest absolute Gasteiger partial charge is 0.0160 e. The van der Waals surface area contributed by atoms with Crippen LogP contribution in [0.4, 0.5) is 0 Å². The maximum absolute atomic E-state index is 3.79. The third kappa shape index (κ3) is 3.35. The number of hydrogen-bond acceptors (Lipinski definition) is 0. The second-order valence-electron chi connectivity index (χ2n) is 1.54. The molecular weight excluding hydrogens is 84.1 g/mol. The summed E-state index contributed by atoms with van der Waals surface area (Å²) in [5.41, 5.74) is 2.68. The fourth-order valence-electron chi connectivity index (χ4n) is 0.285. The number of hydrogen-bond donors (Lipinski definition) is 0. The molecule has 0 heterocycles. The van der Waals surface area contributed by atoms with Crippen molar-refractivity contribution in [1.29, 1.82) is 0 Å². The molecule has 0 fully saturated rings. The molecule has 0 saturated carbocycles. The van der Waals surface area contributed by atoms with Crippen molar-refractivity contribution in [3.63, 3.8) is 0 Å². The third-order valence-corrected chi connectivity index (χ3v) is 0.878. The highest BCUT2D eigenvalue weighted by Gasteiger charge is 1.86. The molecule has 39 valence electrons. The predicted octanol–water partition coefficient (Wildman–Crippen LogP) is 2.19. The first-order valence-corrected chi connectivity index (χ1v) is 2.50. The van der Waals surface area contributed by atoms with E-state index in [0.29, 0.717) is 5.92 Å². The molecule has 0 aromatic heterocycles. The fourth-order valence-corrected chi connectivity index (χ4v) is 0.285. The lowest BCUT2D eigenvalue weighted by Crippen LogP contribution is -1.81. The zero-order chi connectivity index (χ0) is 5.70. The third-order valence-electron chi connectivity index (χ3n) is 0.878. The van der Waals surface area contributed by atoms with E-state index < -0.39 is 0 Å². The van der Waals surface area contributed by atoms with Crippen LogP contribution in [-0.4, -0.2) is 0 Å². The van der Waals surface area contributed by atoms with Gasteiger partial charge in [-0.1, -0.05) is 13.5 Å². The molecule has 0 spiro atoms. The Morgan fingerprint density at radius 3 is 2.57 bits per heavy atom. The zero-order valence-electron chi connectivity index (χ0n) is 4.78. The predicted molar refractivity (Wildman–Crippen MR) is 32.8 cm³/mol. The topological polar surface area (TPSA) is 0 Å². The van der Waals surface area contributed by atoms with Crippen LogP contribution < -0.4 is 0 Å². The summed E-state index contributed by atoms with van der Waals surface area (Å²) < 4.78 is 0. The van der Waals surface area contributed by atoms with E-state index in [4.69, 9.17) is 0 Å². The van der Waals surface area contributed by atoms with E-state index in [2.05, 4.69) is 26.2 Å². The van der Waals surface area contributed by atoms with Crippen molar-refractivity contribution in [2.24, 2.45) is 5.92 Å². The van der Waals surface area contributed by atoms with Gasteiger partial charge in [0, 0.05) is 0 Å². The molecule has 0 amide bonds. The summed E-state index contributed by atoms with van der Waals surface area (Å²) in [6, 6.07) is 0. The molecule has 0 nitrogen and oxygen atoms in total. The summed E-state index contributed by atoms with van der Waals surface area (Å²) in [6.07, 6.45) is 2.95. The van der Waals surface area contributed by atoms with Gasteiger partial charge >= 0.3 is 0 Å². The van der Waals surface area contributed by atoms with E-state index in [9.17, 15) is 0 Å². The highest BCUT2D eigenvalue weighted by molar-refractivity contribution is 4.84. The van der Waals surface area contributed by atoms with Crippen LogP contribution in [-0.2, 0) is 0 Å². The number of allylic oxidation sites excluding steroid dienone is 1. The van der Waals surface area contributed by atoms with Gasteiger partial charge < -0.3 is 0 Å². The SMILES string of the molecule is [CH2]C(C=C=C)CC. The molecule has 0 aromatic rings. The van der Waals surface area contributed by atoms with Crippen molar-refractivity contribution in [2.75, 3.05) is 0 Å². The Morgan fingerprint density at radius 2 is 2.43 bits per heavy atom. The van der Waals surface area contributed by atoms with Gasteiger partial charge in [0.1, 0.15) is 0 Å². The van der Waals surface area contributed by atoms with E-state index in [-0.39, 0.29) is 0 Å². The summed E-state index contributed by atoms with van der Waals surface area (Å²) in [4.78, 5) is 0. The van der Waals surface area contributed by atoms with Crippen molar-refractivity contribution in [2.45, 2.75) is 13.3 Å². The normalized spacial score (nSPS) is 12.3. The second kappa shape index (κ2) is 3.70. The molecule has 1 atom stereocenters. The molecule has 0 rings (SSSR count). The van der Waals surface area contributed by atoms with Crippen LogP contribution in [0.25, 0.3) is 0 Å². The van der Waals surface area contributed by atoms with Crippen molar-refractivity contribution in [3.8, 4) is 0 Å². The van der Waals surface area contributed by atoms with E-state index in [1.807, 2.05) is 6.08 Å². The molecule has 0 aliphatic heterocycles. The van der Waals surface area contributed by atoms with Crippen LogP contribution in [0.5, 0.6) is 0 Å². The Morgan fingerprint density at radius 1 is 1.86 bits per heavy atom. The number of rotatable bonds is 2. The van der Waals surface area contributed by atoms with E-state index in [1.54, 1.807) is 0 Å². The maximum atomic E-state index is 3.79. The van der Waals surface area contributed by atoms with Crippen LogP contribution in [0.1, 0.15) is 13.3 Å². The van der Waals surface area contributed by atoms with Crippen molar-refractivity contribution >= 4 is 0 Å². The molecule has 0 aromatic carbocycles. The van der Waals surface area contributed by atoms with Gasteiger partial charge in [-0.3, -0.25) is 0 Å². The lowest BCUT2D eigenvalue weighted by Gasteiger charge is -1.93. The minimum atomic E-state index is 0.400. The standard InChI is InChI=1S/C7H11/c1-4-6-7(3)5-2/h6-7H,1,3,5H2,2H3. The van der Waals surface area contributed by atoms with Gasteiger partial charge in [0.15, 0.2) is 0 Å². The first-order chi connectivity index (χ1) is 3.31. The van der Waals surface area contributed by atoms with Crippen LogP contribution in [0.15, 0.2) is 18.4 Å². The van der Waals surface area contributed by atoms with Crippen molar-refractivity contribution in [1.82, 2.24) is 0 Å². The van der Waals surface area contributed by atoms with E-state index in [1.165, 1.54) is 0 Å². The van der Waals surface area contributed by atoms with Crippen LogP contribution >= 0.6 is 0 Å². The summed E-state index contributed by atoms with van der Waals surface area (Å²) in [7, 11) is 0. The first-order valence-electron chi connectivity index (χ1n) is 2.50. The lowest BCUT2D eigenvalue weighted by atomic mass is 10.1. The Balaban J connectivity index is 3.35. The van der Waals surface area contributed by atoms with Gasteiger partial charge in [0.05, 0.1) is 0 Å². The highest BCUT2D eigenvalue weighted by Crippen LogP contribution is 1.98. The maximum Gasteiger partial charge on any atom is -0.0160 e. The van der Waals surface area contributed by atoms with Gasteiger partial charge in [-0.2, -0.15) is 0 Å².